The molecular formula is C21H20N2O4. The zero-order valence-electron chi connectivity index (χ0n) is 14.6. The number of fused-ring (bicyclic) bond motifs is 3. The number of carboxylic acids is 1. The van der Waals surface area contributed by atoms with Gasteiger partial charge in [0, 0.05) is 11.6 Å². The van der Waals surface area contributed by atoms with Gasteiger partial charge in [-0.25, -0.2) is 0 Å². The number of nitrogens with one attached hydrogen (secondary N) is 2. The zero-order chi connectivity index (χ0) is 19.0. The summed E-state index contributed by atoms with van der Waals surface area (Å²) < 4.78 is 0. The van der Waals surface area contributed by atoms with Crippen LogP contribution >= 0.6 is 0 Å². The van der Waals surface area contributed by atoms with Gasteiger partial charge in [-0.1, -0.05) is 36.4 Å². The molecule has 3 atom stereocenters. The fourth-order valence-corrected chi connectivity index (χ4v) is 4.06. The van der Waals surface area contributed by atoms with E-state index in [2.05, 4.69) is 22.8 Å². The summed E-state index contributed by atoms with van der Waals surface area (Å²) in [6.45, 7) is -0.389. The first-order chi connectivity index (χ1) is 13.0. The van der Waals surface area contributed by atoms with Gasteiger partial charge in [-0.3, -0.25) is 14.4 Å². The van der Waals surface area contributed by atoms with E-state index in [0.717, 1.165) is 12.0 Å². The fraction of sp³-hybridized carbons (Fsp3) is 0.286. The number of hydrogen-bond donors (Lipinski definition) is 3. The Hall–Kier alpha value is -3.15. The highest BCUT2D eigenvalue weighted by atomic mass is 16.4. The van der Waals surface area contributed by atoms with Gasteiger partial charge >= 0.3 is 5.97 Å². The summed E-state index contributed by atoms with van der Waals surface area (Å²) in [7, 11) is 0. The van der Waals surface area contributed by atoms with E-state index in [-0.39, 0.29) is 30.7 Å². The van der Waals surface area contributed by atoms with Crippen molar-refractivity contribution in [2.24, 2.45) is 11.8 Å². The number of amides is 2. The second kappa shape index (κ2) is 6.87. The lowest BCUT2D eigenvalue weighted by Gasteiger charge is -2.09. The van der Waals surface area contributed by atoms with Crippen molar-refractivity contribution in [3.8, 4) is 0 Å². The third kappa shape index (κ3) is 3.56. The van der Waals surface area contributed by atoms with E-state index >= 15 is 0 Å². The topological polar surface area (TPSA) is 95.5 Å². The highest BCUT2D eigenvalue weighted by molar-refractivity contribution is 5.96. The van der Waals surface area contributed by atoms with Crippen LogP contribution in [0, 0.1) is 11.8 Å². The maximum atomic E-state index is 12.6. The minimum absolute atomic E-state index is 0.0429. The Morgan fingerprint density at radius 2 is 1.78 bits per heavy atom. The van der Waals surface area contributed by atoms with Gasteiger partial charge in [0.2, 0.25) is 11.8 Å². The molecule has 2 aliphatic carbocycles. The van der Waals surface area contributed by atoms with Gasteiger partial charge in [-0.2, -0.15) is 0 Å². The van der Waals surface area contributed by atoms with Gasteiger partial charge in [-0.15, -0.1) is 0 Å². The maximum absolute atomic E-state index is 12.6. The van der Waals surface area contributed by atoms with Gasteiger partial charge < -0.3 is 15.7 Å². The third-order valence-corrected chi connectivity index (χ3v) is 5.36. The van der Waals surface area contributed by atoms with E-state index in [4.69, 9.17) is 5.11 Å². The number of aliphatic carboxylic acids is 1. The van der Waals surface area contributed by atoms with Crippen molar-refractivity contribution in [3.05, 3.63) is 65.2 Å². The van der Waals surface area contributed by atoms with Gasteiger partial charge in [0.15, 0.2) is 0 Å². The molecule has 0 saturated heterocycles. The van der Waals surface area contributed by atoms with Gasteiger partial charge in [0.25, 0.3) is 0 Å². The summed E-state index contributed by atoms with van der Waals surface area (Å²) in [6, 6.07) is 15.4. The quantitative estimate of drug-likeness (QED) is 0.730. The molecule has 0 bridgehead atoms. The first-order valence-electron chi connectivity index (χ1n) is 8.99. The Labute approximate surface area is 156 Å². The van der Waals surface area contributed by atoms with Crippen LogP contribution in [-0.2, 0) is 27.2 Å². The number of hydrogen-bond acceptors (Lipinski definition) is 3. The fourth-order valence-electron chi connectivity index (χ4n) is 4.06. The van der Waals surface area contributed by atoms with Gasteiger partial charge in [0.1, 0.15) is 6.54 Å². The van der Waals surface area contributed by atoms with E-state index in [1.807, 2.05) is 12.1 Å². The van der Waals surface area contributed by atoms with Crippen LogP contribution < -0.4 is 10.6 Å². The summed E-state index contributed by atoms with van der Waals surface area (Å²) in [6.07, 6.45) is 1.08. The Morgan fingerprint density at radius 3 is 2.52 bits per heavy atom. The highest BCUT2D eigenvalue weighted by Gasteiger charge is 2.59. The Kier molecular flexibility index (Phi) is 4.39. The van der Waals surface area contributed by atoms with Crippen LogP contribution in [0.2, 0.25) is 0 Å². The maximum Gasteiger partial charge on any atom is 0.322 e. The van der Waals surface area contributed by atoms with Crippen molar-refractivity contribution >= 4 is 23.5 Å². The molecule has 3 N–H and O–H groups in total. The number of carboxylic acid groups (broad SMARTS) is 1. The molecule has 2 aliphatic rings. The molecule has 2 amide bonds. The second-order valence-corrected chi connectivity index (χ2v) is 7.15. The van der Waals surface area contributed by atoms with E-state index in [1.165, 1.54) is 11.1 Å². The minimum Gasteiger partial charge on any atom is -0.480 e. The third-order valence-electron chi connectivity index (χ3n) is 5.36. The van der Waals surface area contributed by atoms with E-state index in [9.17, 15) is 14.4 Å². The molecule has 6 nitrogen and oxygen atoms in total. The van der Waals surface area contributed by atoms with Crippen molar-refractivity contribution in [2.75, 3.05) is 11.9 Å². The Bertz CT molecular complexity index is 907. The lowest BCUT2D eigenvalue weighted by molar-refractivity contribution is -0.137. The molecule has 0 spiro atoms. The van der Waals surface area contributed by atoms with Crippen LogP contribution in [-0.4, -0.2) is 29.4 Å². The van der Waals surface area contributed by atoms with Crippen LogP contribution in [0.5, 0.6) is 0 Å². The Balaban J connectivity index is 1.31. The Morgan fingerprint density at radius 1 is 1.04 bits per heavy atom. The summed E-state index contributed by atoms with van der Waals surface area (Å²) in [5.41, 5.74) is 4.13. The first-order valence-corrected chi connectivity index (χ1v) is 8.99. The van der Waals surface area contributed by atoms with Crippen molar-refractivity contribution in [1.29, 1.82) is 0 Å². The normalized spacial score (nSPS) is 21.7. The summed E-state index contributed by atoms with van der Waals surface area (Å²) in [5, 5.41) is 13.8. The van der Waals surface area contributed by atoms with Crippen LogP contribution in [0.25, 0.3) is 0 Å². The molecule has 0 radical (unpaired) electrons. The summed E-state index contributed by atoms with van der Waals surface area (Å²) in [4.78, 5) is 34.7. The summed E-state index contributed by atoms with van der Waals surface area (Å²) in [5.74, 6) is -0.571. The predicted octanol–water partition coefficient (Wildman–Crippen LogP) is 1.95. The van der Waals surface area contributed by atoms with E-state index in [0.29, 0.717) is 17.5 Å². The monoisotopic (exact) mass is 364 g/mol. The average molecular weight is 364 g/mol. The van der Waals surface area contributed by atoms with Gasteiger partial charge in [-0.05, 0) is 47.1 Å². The van der Waals surface area contributed by atoms with Crippen LogP contribution in [0.4, 0.5) is 5.69 Å². The molecule has 1 saturated carbocycles. The van der Waals surface area contributed by atoms with Crippen molar-refractivity contribution in [1.82, 2.24) is 5.32 Å². The first kappa shape index (κ1) is 17.3. The number of carbonyl (C=O) groups is 3. The molecule has 2 aromatic rings. The van der Waals surface area contributed by atoms with Crippen molar-refractivity contribution < 1.29 is 19.5 Å². The molecule has 0 heterocycles. The summed E-state index contributed by atoms with van der Waals surface area (Å²) >= 11 is 0. The molecule has 0 aromatic heterocycles. The zero-order valence-corrected chi connectivity index (χ0v) is 14.6. The smallest absolute Gasteiger partial charge is 0.322 e. The van der Waals surface area contributed by atoms with Crippen molar-refractivity contribution in [2.45, 2.75) is 18.8 Å². The molecule has 0 aliphatic heterocycles. The largest absolute Gasteiger partial charge is 0.480 e. The van der Waals surface area contributed by atoms with Crippen LogP contribution in [0.15, 0.2) is 48.5 Å². The molecule has 4 rings (SSSR count). The molecule has 138 valence electrons. The second-order valence-electron chi connectivity index (χ2n) is 7.15. The molecule has 2 aromatic carbocycles. The number of carbonyl (C=O) groups excluding carboxylic acids is 2. The van der Waals surface area contributed by atoms with Crippen LogP contribution in [0.1, 0.15) is 22.6 Å². The van der Waals surface area contributed by atoms with E-state index < -0.39 is 5.97 Å². The minimum atomic E-state index is -1.08. The molecule has 27 heavy (non-hydrogen) atoms. The SMILES string of the molecule is O=C(O)CNC(=O)Cc1ccc(NC(=O)C2C3Cc4ccccc4C32)cc1. The van der Waals surface area contributed by atoms with Crippen molar-refractivity contribution in [3.63, 3.8) is 0 Å². The lowest BCUT2D eigenvalue weighted by Crippen LogP contribution is -2.30. The average Bonchev–Trinajstić information content (AvgIpc) is 3.24. The van der Waals surface area contributed by atoms with E-state index in [1.54, 1.807) is 24.3 Å². The predicted molar refractivity (Wildman–Crippen MR) is 99.3 cm³/mol. The molecular weight excluding hydrogens is 344 g/mol. The number of anilines is 1. The van der Waals surface area contributed by atoms with Gasteiger partial charge in [0.05, 0.1) is 6.42 Å². The molecule has 6 heteroatoms. The molecule has 1 fully saturated rings. The molecule has 3 unspecified atom stereocenters. The highest BCUT2D eigenvalue weighted by Crippen LogP contribution is 2.61. The standard InChI is InChI=1S/C21H20N2O4/c24-17(22-11-18(25)26)9-12-5-7-14(8-6-12)23-21(27)20-16-10-13-3-1-2-4-15(13)19(16)20/h1-8,16,19-20H,9-11H2,(H,22,24)(H,23,27)(H,25,26). The van der Waals surface area contributed by atoms with Crippen LogP contribution in [0.3, 0.4) is 0 Å². The lowest BCUT2D eigenvalue weighted by atomic mass is 10.0. The number of benzene rings is 2. The number of rotatable bonds is 6.